The molecule has 26 heteroatoms. The van der Waals surface area contributed by atoms with Crippen molar-refractivity contribution in [3.8, 4) is 0 Å². The fraction of sp³-hybridized carbons (Fsp3) is 0.970. The van der Waals surface area contributed by atoms with Crippen LogP contribution < -0.4 is 10.6 Å². The van der Waals surface area contributed by atoms with Gasteiger partial charge in [-0.25, -0.2) is 0 Å². The Hall–Kier alpha value is -1.94. The third kappa shape index (κ3) is 29.0. The first-order valence-corrected chi connectivity index (χ1v) is 35.8. The summed E-state index contributed by atoms with van der Waals surface area (Å²) in [5.41, 5.74) is 0. The number of unbranched alkanes of at least 4 members (excludes halogenated alkanes) is 29. The van der Waals surface area contributed by atoms with E-state index in [1.807, 2.05) is 0 Å². The molecule has 16 N–H and O–H groups in total. The molecule has 2 amide bonds. The molecule has 24 atom stereocenters. The second-order valence-corrected chi connectivity index (χ2v) is 26.7. The van der Waals surface area contributed by atoms with Crippen LogP contribution in [0.25, 0.3) is 0 Å². The van der Waals surface area contributed by atoms with Crippen LogP contribution in [0.5, 0.6) is 0 Å². The largest absolute Gasteiger partial charge is 0.394 e. The van der Waals surface area contributed by atoms with Crippen molar-refractivity contribution in [2.24, 2.45) is 0 Å². The number of ether oxygens (including phenoxy) is 8. The molecule has 0 aliphatic carbocycles. The predicted molar refractivity (Wildman–Crippen MR) is 341 cm³/mol. The summed E-state index contributed by atoms with van der Waals surface area (Å²) < 4.78 is 47.2. The molecule has 0 aromatic heterocycles. The first-order chi connectivity index (χ1) is 44.7. The van der Waals surface area contributed by atoms with Crippen LogP contribution in [0.2, 0.25) is 0 Å². The minimum Gasteiger partial charge on any atom is -0.394 e. The van der Waals surface area contributed by atoms with E-state index in [1.54, 1.807) is 0 Å². The standard InChI is InChI=1S/C67H126N2O24/c1-5-7-9-11-13-15-17-19-21-22-23-25-27-29-31-33-35-37-46(74)63(85)69-44(52(76)45(73)36-34-32-30-28-26-24-20-18-16-14-12-10-8-6-2)40-86-67-62(58(82)53(77)47(38-70)90-67)93-66-60(84)57(81)54(78)49(91-66)41-87-64-50(68-43(4)72)61(55(79)48(39-71)89-64)92-65-59(83)56(80)51(75)42(3)88-65/h42,44-62,64-67,70-71,73-84H,5-41H2,1-4H3,(H,68,72)(H,69,85)/t42-,44-,45+,46+,47+,48+,49+,50+,51-,52-,53-,54-,55-,56+,57-,58-,59+,60+,61+,62+,64+,65-,66+,67-/m0/s1. The number of nitrogens with one attached hydrogen (secondary N) is 2. The molecule has 4 aliphatic heterocycles. The van der Waals surface area contributed by atoms with E-state index in [2.05, 4.69) is 24.5 Å². The van der Waals surface area contributed by atoms with Crippen molar-refractivity contribution >= 4 is 11.8 Å². The first kappa shape index (κ1) is 83.5. The fourth-order valence-electron chi connectivity index (χ4n) is 12.8. The number of carbonyl (C=O) groups excluding carboxylic acids is 2. The molecule has 4 rings (SSSR count). The van der Waals surface area contributed by atoms with Crippen LogP contribution in [0.4, 0.5) is 0 Å². The van der Waals surface area contributed by atoms with Crippen molar-refractivity contribution in [3.05, 3.63) is 0 Å². The van der Waals surface area contributed by atoms with Crippen LogP contribution in [0.15, 0.2) is 0 Å². The highest BCUT2D eigenvalue weighted by atomic mass is 16.8. The second kappa shape index (κ2) is 47.2. The number of aliphatic hydroxyl groups is 14. The Morgan fingerprint density at radius 3 is 1.30 bits per heavy atom. The zero-order chi connectivity index (χ0) is 68.2. The van der Waals surface area contributed by atoms with Gasteiger partial charge in [0.1, 0.15) is 104 Å². The van der Waals surface area contributed by atoms with Crippen molar-refractivity contribution in [2.45, 2.75) is 387 Å². The summed E-state index contributed by atoms with van der Waals surface area (Å²) in [5.74, 6) is -1.55. The summed E-state index contributed by atoms with van der Waals surface area (Å²) >= 11 is 0. The Kier molecular flexibility index (Phi) is 42.3. The predicted octanol–water partition coefficient (Wildman–Crippen LogP) is 2.93. The summed E-state index contributed by atoms with van der Waals surface area (Å²) in [6, 6.07) is -2.93. The lowest BCUT2D eigenvalue weighted by Crippen LogP contribution is -2.68. The summed E-state index contributed by atoms with van der Waals surface area (Å²) in [5, 5.41) is 159. The number of carbonyl (C=O) groups is 2. The lowest BCUT2D eigenvalue weighted by molar-refractivity contribution is -0.373. The molecule has 4 saturated heterocycles. The Balaban J connectivity index is 1.41. The smallest absolute Gasteiger partial charge is 0.249 e. The SMILES string of the molecule is CCCCCCCCCCCCCCCCCCC[C@@H](O)C(=O)N[C@@H](CO[C@H]1O[C@H](CO)[C@H](O)[C@H](O)[C@H]1O[C@H]1O[C@H](CO[C@@H]2O[C@H](CO)[C@H](O)[C@H](O[C@@H]3O[C@@H](C)[C@H](O)[C@@H](O)[C@H]3O)[C@H]2NC(C)=O)[C@H](O)[C@H](O)[C@H]1O)[C@H](O)[C@H](O)CCCCCCCCCCCCCCCC. The lowest BCUT2D eigenvalue weighted by Gasteiger charge is -2.48. The van der Waals surface area contributed by atoms with Gasteiger partial charge in [0.05, 0.1) is 44.7 Å². The number of hydrogen-bond acceptors (Lipinski definition) is 24. The number of amides is 2. The van der Waals surface area contributed by atoms with Gasteiger partial charge in [-0.1, -0.05) is 213 Å². The number of aliphatic hydroxyl groups excluding tert-OH is 14. The molecule has 0 bridgehead atoms. The maximum atomic E-state index is 13.7. The van der Waals surface area contributed by atoms with Gasteiger partial charge in [0, 0.05) is 6.92 Å². The molecule has 0 aromatic carbocycles. The van der Waals surface area contributed by atoms with Crippen LogP contribution in [0.1, 0.15) is 240 Å². The van der Waals surface area contributed by atoms with Gasteiger partial charge >= 0.3 is 0 Å². The van der Waals surface area contributed by atoms with E-state index >= 15 is 0 Å². The van der Waals surface area contributed by atoms with E-state index in [1.165, 1.54) is 135 Å². The van der Waals surface area contributed by atoms with Gasteiger partial charge in [-0.15, -0.1) is 0 Å². The molecule has 4 heterocycles. The van der Waals surface area contributed by atoms with Crippen molar-refractivity contribution in [1.82, 2.24) is 10.6 Å². The van der Waals surface area contributed by atoms with Crippen LogP contribution >= 0.6 is 0 Å². The quantitative estimate of drug-likeness (QED) is 0.0389. The monoisotopic (exact) mass is 1340 g/mol. The minimum atomic E-state index is -2.10. The zero-order valence-electron chi connectivity index (χ0n) is 56.4. The van der Waals surface area contributed by atoms with Gasteiger partial charge < -0.3 is 120 Å². The van der Waals surface area contributed by atoms with E-state index in [0.717, 1.165) is 64.7 Å². The first-order valence-electron chi connectivity index (χ1n) is 35.8. The van der Waals surface area contributed by atoms with Gasteiger partial charge in [0.15, 0.2) is 25.2 Å². The average molecular weight is 1340 g/mol. The van der Waals surface area contributed by atoms with E-state index in [4.69, 9.17) is 37.9 Å². The van der Waals surface area contributed by atoms with Crippen LogP contribution in [0, 0.1) is 0 Å². The molecule has 4 fully saturated rings. The topological polar surface area (TPSA) is 415 Å². The Morgan fingerprint density at radius 2 is 0.828 bits per heavy atom. The molecular weight excluding hydrogens is 1220 g/mol. The zero-order valence-corrected chi connectivity index (χ0v) is 56.4. The molecule has 0 spiro atoms. The molecule has 0 aromatic rings. The van der Waals surface area contributed by atoms with Crippen molar-refractivity contribution in [1.29, 1.82) is 0 Å². The third-order valence-corrected chi connectivity index (χ3v) is 18.8. The molecule has 0 saturated carbocycles. The van der Waals surface area contributed by atoms with E-state index < -0.39 is 185 Å². The summed E-state index contributed by atoms with van der Waals surface area (Å²) in [6.45, 7) is 3.79. The molecule has 4 aliphatic rings. The lowest BCUT2D eigenvalue weighted by atomic mass is 9.95. The molecular formula is C67H126N2O24. The maximum absolute atomic E-state index is 13.7. The molecule has 0 unspecified atom stereocenters. The average Bonchev–Trinajstić information content (AvgIpc) is 0.911. The van der Waals surface area contributed by atoms with Crippen LogP contribution in [-0.4, -0.2) is 257 Å². The van der Waals surface area contributed by atoms with E-state index in [9.17, 15) is 81.1 Å². The van der Waals surface area contributed by atoms with Crippen molar-refractivity contribution in [3.63, 3.8) is 0 Å². The van der Waals surface area contributed by atoms with Crippen molar-refractivity contribution < 1.29 is 119 Å². The Bertz CT molecular complexity index is 1920. The highest BCUT2D eigenvalue weighted by Crippen LogP contribution is 2.34. The number of rotatable bonds is 50. The number of hydrogen-bond donors (Lipinski definition) is 16. The molecule has 0 radical (unpaired) electrons. The van der Waals surface area contributed by atoms with Gasteiger partial charge in [-0.3, -0.25) is 9.59 Å². The van der Waals surface area contributed by atoms with Gasteiger partial charge in [-0.05, 0) is 19.8 Å². The summed E-state index contributed by atoms with van der Waals surface area (Å²) in [7, 11) is 0. The van der Waals surface area contributed by atoms with E-state index in [-0.39, 0.29) is 12.8 Å². The van der Waals surface area contributed by atoms with Crippen molar-refractivity contribution in [2.75, 3.05) is 26.4 Å². The normalized spacial score (nSPS) is 33.1. The second-order valence-electron chi connectivity index (χ2n) is 26.7. The summed E-state index contributed by atoms with van der Waals surface area (Å²) in [6.07, 6.45) is -2.00. The maximum Gasteiger partial charge on any atom is 0.249 e. The third-order valence-electron chi connectivity index (χ3n) is 18.8. The molecule has 93 heavy (non-hydrogen) atoms. The molecule has 26 nitrogen and oxygen atoms in total. The highest BCUT2D eigenvalue weighted by Gasteiger charge is 2.54. The van der Waals surface area contributed by atoms with Gasteiger partial charge in [-0.2, -0.15) is 0 Å². The fourth-order valence-corrected chi connectivity index (χ4v) is 12.8. The Labute approximate surface area is 552 Å². The van der Waals surface area contributed by atoms with Gasteiger partial charge in [0.25, 0.3) is 0 Å². The van der Waals surface area contributed by atoms with Gasteiger partial charge in [0.2, 0.25) is 11.8 Å². The minimum absolute atomic E-state index is 0.124. The Morgan fingerprint density at radius 1 is 0.430 bits per heavy atom. The van der Waals surface area contributed by atoms with Crippen LogP contribution in [-0.2, 0) is 47.5 Å². The summed E-state index contributed by atoms with van der Waals surface area (Å²) in [4.78, 5) is 26.3. The molecule has 548 valence electrons. The van der Waals surface area contributed by atoms with Crippen LogP contribution in [0.3, 0.4) is 0 Å². The highest BCUT2D eigenvalue weighted by molar-refractivity contribution is 5.80. The van der Waals surface area contributed by atoms with E-state index in [0.29, 0.717) is 12.8 Å².